The number of ether oxygens (including phenoxy) is 1. The highest BCUT2D eigenvalue weighted by atomic mass is 16.5. The molecule has 110 valence electrons. The van der Waals surface area contributed by atoms with E-state index in [0.717, 1.165) is 0 Å². The number of phenolic OH excluding ortho intramolecular Hbond substituents is 1. The summed E-state index contributed by atoms with van der Waals surface area (Å²) in [5, 5.41) is 14.8. The van der Waals surface area contributed by atoms with E-state index in [0.29, 0.717) is 18.7 Å². The van der Waals surface area contributed by atoms with E-state index in [1.165, 1.54) is 6.07 Å². The van der Waals surface area contributed by atoms with E-state index in [1.54, 1.807) is 32.2 Å². The van der Waals surface area contributed by atoms with E-state index < -0.39 is 6.04 Å². The van der Waals surface area contributed by atoms with E-state index in [1.807, 2.05) is 0 Å². The fourth-order valence-electron chi connectivity index (χ4n) is 1.62. The monoisotopic (exact) mass is 280 g/mol. The number of carbonyl (C=O) groups is 2. The number of nitrogens with one attached hydrogen (secondary N) is 2. The Kier molecular flexibility index (Phi) is 6.52. The van der Waals surface area contributed by atoms with E-state index in [2.05, 4.69) is 10.6 Å². The van der Waals surface area contributed by atoms with Crippen molar-refractivity contribution in [1.82, 2.24) is 10.6 Å². The first-order chi connectivity index (χ1) is 9.54. The molecule has 0 aliphatic carbocycles. The molecule has 0 fully saturated rings. The maximum atomic E-state index is 11.8. The lowest BCUT2D eigenvalue weighted by atomic mass is 10.1. The molecule has 6 heteroatoms. The zero-order valence-electron chi connectivity index (χ0n) is 11.7. The zero-order valence-corrected chi connectivity index (χ0v) is 11.7. The second-order valence-corrected chi connectivity index (χ2v) is 4.38. The number of phenols is 1. The average Bonchev–Trinajstić information content (AvgIpc) is 2.41. The van der Waals surface area contributed by atoms with Gasteiger partial charge in [0, 0.05) is 19.2 Å². The molecule has 0 radical (unpaired) electrons. The molecule has 0 bridgehead atoms. The lowest BCUT2D eigenvalue weighted by molar-refractivity contribution is -0.128. The minimum absolute atomic E-state index is 0.0301. The molecule has 1 aromatic carbocycles. The highest BCUT2D eigenvalue weighted by Crippen LogP contribution is 2.15. The molecular formula is C14H20N2O4. The lowest BCUT2D eigenvalue weighted by Crippen LogP contribution is -2.46. The van der Waals surface area contributed by atoms with Crippen LogP contribution in [0.4, 0.5) is 0 Å². The van der Waals surface area contributed by atoms with Gasteiger partial charge in [-0.3, -0.25) is 9.59 Å². The number of hydrogen-bond donors (Lipinski definition) is 3. The van der Waals surface area contributed by atoms with Crippen molar-refractivity contribution >= 4 is 11.8 Å². The number of hydrogen-bond acceptors (Lipinski definition) is 4. The first-order valence-electron chi connectivity index (χ1n) is 6.37. The molecule has 1 rings (SSSR count). The van der Waals surface area contributed by atoms with E-state index in [9.17, 15) is 14.7 Å². The maximum Gasteiger partial charge on any atom is 0.242 e. The molecule has 0 heterocycles. The van der Waals surface area contributed by atoms with Crippen molar-refractivity contribution in [2.24, 2.45) is 0 Å². The third kappa shape index (κ3) is 5.27. The standard InChI is InChI=1S/C14H20N2O4/c1-10(14(19)15-7-8-20-2)16-13(18)9-11-5-3-4-6-12(11)17/h3-6,10,17H,7-9H2,1-2H3,(H,15,19)(H,16,18). The second kappa shape index (κ2) is 8.16. The number of rotatable bonds is 7. The van der Waals surface area contributed by atoms with E-state index >= 15 is 0 Å². The highest BCUT2D eigenvalue weighted by Gasteiger charge is 2.15. The second-order valence-electron chi connectivity index (χ2n) is 4.38. The Balaban J connectivity index is 2.42. The maximum absolute atomic E-state index is 11.8. The summed E-state index contributed by atoms with van der Waals surface area (Å²) in [5.41, 5.74) is 0.525. The first kappa shape index (κ1) is 16.0. The van der Waals surface area contributed by atoms with Crippen LogP contribution in [0.15, 0.2) is 24.3 Å². The van der Waals surface area contributed by atoms with Gasteiger partial charge in [-0.25, -0.2) is 0 Å². The molecule has 0 saturated heterocycles. The number of methoxy groups -OCH3 is 1. The van der Waals surface area contributed by atoms with Crippen molar-refractivity contribution in [3.63, 3.8) is 0 Å². The Morgan fingerprint density at radius 1 is 1.35 bits per heavy atom. The number of amides is 2. The van der Waals surface area contributed by atoms with E-state index in [4.69, 9.17) is 4.74 Å². The van der Waals surface area contributed by atoms with Gasteiger partial charge in [0.05, 0.1) is 13.0 Å². The normalized spacial score (nSPS) is 11.7. The number of benzene rings is 1. The number of para-hydroxylation sites is 1. The summed E-state index contributed by atoms with van der Waals surface area (Å²) in [6, 6.07) is 5.97. The van der Waals surface area contributed by atoms with Crippen molar-refractivity contribution in [2.75, 3.05) is 20.3 Å². The van der Waals surface area contributed by atoms with Gasteiger partial charge in [-0.2, -0.15) is 0 Å². The third-order valence-corrected chi connectivity index (χ3v) is 2.72. The minimum atomic E-state index is -0.634. The van der Waals surface area contributed by atoms with Crippen LogP contribution >= 0.6 is 0 Å². The average molecular weight is 280 g/mol. The van der Waals surface area contributed by atoms with E-state index in [-0.39, 0.29) is 24.0 Å². The highest BCUT2D eigenvalue weighted by molar-refractivity contribution is 5.88. The number of carbonyl (C=O) groups excluding carboxylic acids is 2. The van der Waals surface area contributed by atoms with Gasteiger partial charge in [-0.05, 0) is 13.0 Å². The van der Waals surface area contributed by atoms with Gasteiger partial charge in [-0.1, -0.05) is 18.2 Å². The topological polar surface area (TPSA) is 87.7 Å². The third-order valence-electron chi connectivity index (χ3n) is 2.72. The molecule has 1 unspecified atom stereocenters. The largest absolute Gasteiger partial charge is 0.508 e. The van der Waals surface area contributed by atoms with Crippen molar-refractivity contribution < 1.29 is 19.4 Å². The van der Waals surface area contributed by atoms with Gasteiger partial charge >= 0.3 is 0 Å². The summed E-state index contributed by atoms with van der Waals surface area (Å²) >= 11 is 0. The predicted molar refractivity (Wildman–Crippen MR) is 74.3 cm³/mol. The van der Waals surface area contributed by atoms with Gasteiger partial charge in [0.2, 0.25) is 11.8 Å². The van der Waals surface area contributed by atoms with Crippen LogP contribution in [0.1, 0.15) is 12.5 Å². The fourth-order valence-corrected chi connectivity index (χ4v) is 1.62. The van der Waals surface area contributed by atoms with Crippen LogP contribution in [0.2, 0.25) is 0 Å². The molecule has 0 saturated carbocycles. The van der Waals surface area contributed by atoms with Gasteiger partial charge in [-0.15, -0.1) is 0 Å². The van der Waals surface area contributed by atoms with Gasteiger partial charge < -0.3 is 20.5 Å². The van der Waals surface area contributed by atoms with Gasteiger partial charge in [0.15, 0.2) is 0 Å². The molecular weight excluding hydrogens is 260 g/mol. The predicted octanol–water partition coefficient (Wildman–Crippen LogP) is 0.202. The molecule has 20 heavy (non-hydrogen) atoms. The van der Waals surface area contributed by atoms with Gasteiger partial charge in [0.25, 0.3) is 0 Å². The van der Waals surface area contributed by atoms with Crippen LogP contribution in [0, 0.1) is 0 Å². The molecule has 1 atom stereocenters. The first-order valence-corrected chi connectivity index (χ1v) is 6.37. The van der Waals surface area contributed by atoms with Crippen molar-refractivity contribution in [1.29, 1.82) is 0 Å². The summed E-state index contributed by atoms with van der Waals surface area (Å²) in [7, 11) is 1.55. The Labute approximate surface area is 118 Å². The van der Waals surface area contributed by atoms with Crippen LogP contribution in [0.25, 0.3) is 0 Å². The minimum Gasteiger partial charge on any atom is -0.508 e. The molecule has 0 spiro atoms. The summed E-state index contributed by atoms with van der Waals surface area (Å²) in [6.45, 7) is 2.42. The lowest BCUT2D eigenvalue weighted by Gasteiger charge is -2.14. The Bertz CT molecular complexity index is 462. The van der Waals surface area contributed by atoms with Crippen molar-refractivity contribution in [3.8, 4) is 5.75 Å². The van der Waals surface area contributed by atoms with Crippen molar-refractivity contribution in [2.45, 2.75) is 19.4 Å². The van der Waals surface area contributed by atoms with Crippen molar-refractivity contribution in [3.05, 3.63) is 29.8 Å². The summed E-state index contributed by atoms with van der Waals surface area (Å²) in [6.07, 6.45) is 0.0301. The Hall–Kier alpha value is -2.08. The Morgan fingerprint density at radius 3 is 2.70 bits per heavy atom. The van der Waals surface area contributed by atoms with Crippen LogP contribution in [0.3, 0.4) is 0 Å². The SMILES string of the molecule is COCCNC(=O)C(C)NC(=O)Cc1ccccc1O. The van der Waals surface area contributed by atoms with Crippen LogP contribution in [-0.4, -0.2) is 43.2 Å². The summed E-state index contributed by atoms with van der Waals surface area (Å²) < 4.78 is 4.82. The molecule has 0 aliphatic heterocycles. The Morgan fingerprint density at radius 2 is 2.05 bits per heavy atom. The molecule has 6 nitrogen and oxygen atoms in total. The van der Waals surface area contributed by atoms with Gasteiger partial charge in [0.1, 0.15) is 11.8 Å². The fraction of sp³-hybridized carbons (Fsp3) is 0.429. The molecule has 1 aromatic rings. The number of aromatic hydroxyl groups is 1. The molecule has 0 aliphatic rings. The molecule has 0 aromatic heterocycles. The molecule has 3 N–H and O–H groups in total. The molecule has 2 amide bonds. The smallest absolute Gasteiger partial charge is 0.242 e. The summed E-state index contributed by atoms with van der Waals surface area (Å²) in [5.74, 6) is -0.520. The van der Waals surface area contributed by atoms with Crippen LogP contribution in [0.5, 0.6) is 5.75 Å². The van der Waals surface area contributed by atoms with Crippen LogP contribution in [-0.2, 0) is 20.7 Å². The zero-order chi connectivity index (χ0) is 15.0. The quantitative estimate of drug-likeness (QED) is 0.623. The summed E-state index contributed by atoms with van der Waals surface area (Å²) in [4.78, 5) is 23.4. The van der Waals surface area contributed by atoms with Crippen LogP contribution < -0.4 is 10.6 Å².